The Morgan fingerprint density at radius 3 is 2.33 bits per heavy atom. The molecule has 2 aromatic carbocycles. The monoisotopic (exact) mass is 346 g/mol. The first-order chi connectivity index (χ1) is 11.3. The lowest BCUT2D eigenvalue weighted by atomic mass is 10.1. The Morgan fingerprint density at radius 2 is 1.67 bits per heavy atom. The van der Waals surface area contributed by atoms with Crippen molar-refractivity contribution >= 4 is 21.6 Å². The Labute approximate surface area is 143 Å². The van der Waals surface area contributed by atoms with Crippen molar-refractivity contribution in [3.8, 4) is 0 Å². The number of aryl methyl sites for hydroxylation is 1. The highest BCUT2D eigenvalue weighted by Crippen LogP contribution is 2.23. The number of nitrogens with one attached hydrogen (secondary N) is 2. The molecule has 1 unspecified atom stereocenters. The first-order valence-electron chi connectivity index (χ1n) is 7.75. The van der Waals surface area contributed by atoms with Crippen LogP contribution in [0.3, 0.4) is 0 Å². The minimum atomic E-state index is -3.37. The Morgan fingerprint density at radius 1 is 1.04 bits per heavy atom. The van der Waals surface area contributed by atoms with E-state index in [-0.39, 0.29) is 11.9 Å². The van der Waals surface area contributed by atoms with E-state index in [0.29, 0.717) is 18.5 Å². The number of carbonyl (C=O) groups is 1. The molecule has 6 heteroatoms. The summed E-state index contributed by atoms with van der Waals surface area (Å²) in [6.07, 6.45) is 2.16. The van der Waals surface area contributed by atoms with Gasteiger partial charge in [-0.3, -0.25) is 9.52 Å². The summed E-state index contributed by atoms with van der Waals surface area (Å²) < 4.78 is 25.4. The molecule has 1 amide bonds. The molecule has 1 atom stereocenters. The molecule has 0 spiro atoms. The van der Waals surface area contributed by atoms with Crippen molar-refractivity contribution in [3.05, 3.63) is 65.7 Å². The lowest BCUT2D eigenvalue weighted by Gasteiger charge is -2.18. The maximum absolute atomic E-state index is 12.1. The van der Waals surface area contributed by atoms with E-state index in [1.165, 1.54) is 0 Å². The van der Waals surface area contributed by atoms with Crippen LogP contribution in [0.25, 0.3) is 0 Å². The van der Waals surface area contributed by atoms with Gasteiger partial charge in [0.05, 0.1) is 18.0 Å². The number of rotatable bonds is 7. The van der Waals surface area contributed by atoms with Gasteiger partial charge in [-0.25, -0.2) is 8.42 Å². The highest BCUT2D eigenvalue weighted by atomic mass is 32.2. The number of amides is 1. The quantitative estimate of drug-likeness (QED) is 0.809. The van der Waals surface area contributed by atoms with Crippen LogP contribution in [0, 0.1) is 0 Å². The van der Waals surface area contributed by atoms with Gasteiger partial charge in [0.1, 0.15) is 0 Å². The van der Waals surface area contributed by atoms with Gasteiger partial charge in [0.2, 0.25) is 15.9 Å². The molecule has 0 saturated carbocycles. The van der Waals surface area contributed by atoms with Crippen LogP contribution >= 0.6 is 0 Å². The molecule has 0 aromatic heterocycles. The second kappa shape index (κ2) is 7.97. The number of anilines is 1. The summed E-state index contributed by atoms with van der Waals surface area (Å²) in [7, 11) is -3.37. The maximum Gasteiger partial charge on any atom is 0.229 e. The van der Waals surface area contributed by atoms with Crippen molar-refractivity contribution in [2.75, 3.05) is 11.0 Å². The molecule has 0 fully saturated rings. The van der Waals surface area contributed by atoms with Crippen LogP contribution in [0.15, 0.2) is 54.6 Å². The lowest BCUT2D eigenvalue weighted by Crippen LogP contribution is -2.27. The van der Waals surface area contributed by atoms with Crippen molar-refractivity contribution < 1.29 is 13.2 Å². The average Bonchev–Trinajstić information content (AvgIpc) is 2.53. The zero-order valence-electron chi connectivity index (χ0n) is 13.8. The van der Waals surface area contributed by atoms with Crippen LogP contribution in [0.1, 0.15) is 30.5 Å². The molecule has 0 heterocycles. The predicted molar refractivity (Wildman–Crippen MR) is 96.2 cm³/mol. The van der Waals surface area contributed by atoms with Crippen LogP contribution in [0.5, 0.6) is 0 Å². The van der Waals surface area contributed by atoms with Gasteiger partial charge in [-0.1, -0.05) is 48.5 Å². The van der Waals surface area contributed by atoms with E-state index >= 15 is 0 Å². The molecule has 0 radical (unpaired) electrons. The fraction of sp³-hybridized carbons (Fsp3) is 0.278. The van der Waals surface area contributed by atoms with Crippen LogP contribution < -0.4 is 10.0 Å². The van der Waals surface area contributed by atoms with Gasteiger partial charge in [0, 0.05) is 6.42 Å². The molecular weight excluding hydrogens is 324 g/mol. The van der Waals surface area contributed by atoms with Crippen LogP contribution in [-0.4, -0.2) is 20.6 Å². The van der Waals surface area contributed by atoms with E-state index < -0.39 is 10.0 Å². The molecule has 0 aliphatic carbocycles. The number of benzene rings is 2. The first-order valence-corrected chi connectivity index (χ1v) is 9.64. The van der Waals surface area contributed by atoms with E-state index in [4.69, 9.17) is 0 Å². The van der Waals surface area contributed by atoms with Crippen LogP contribution in [0.4, 0.5) is 5.69 Å². The number of para-hydroxylation sites is 1. The van der Waals surface area contributed by atoms with Crippen molar-refractivity contribution in [3.63, 3.8) is 0 Å². The second-order valence-corrected chi connectivity index (χ2v) is 7.48. The van der Waals surface area contributed by atoms with E-state index in [1.807, 2.05) is 43.3 Å². The Balaban J connectivity index is 1.99. The molecule has 24 heavy (non-hydrogen) atoms. The van der Waals surface area contributed by atoms with E-state index in [0.717, 1.165) is 17.4 Å². The first kappa shape index (κ1) is 18.0. The maximum atomic E-state index is 12.1. The molecule has 2 rings (SSSR count). The fourth-order valence-corrected chi connectivity index (χ4v) is 3.05. The van der Waals surface area contributed by atoms with Crippen molar-refractivity contribution in [1.82, 2.24) is 5.32 Å². The molecule has 0 aliphatic heterocycles. The molecule has 0 aliphatic rings. The number of hydrogen-bond donors (Lipinski definition) is 2. The smallest absolute Gasteiger partial charge is 0.229 e. The number of sulfonamides is 1. The summed E-state index contributed by atoms with van der Waals surface area (Å²) in [5.74, 6) is -0.0690. The Bertz CT molecular complexity index is 789. The predicted octanol–water partition coefficient (Wildman–Crippen LogP) is 2.87. The standard InChI is InChI=1S/C18H22N2O3S/c1-14(16-10-6-7-11-17(16)20-24(2,22)23)19-18(21)13-12-15-8-4-3-5-9-15/h3-11,14,20H,12-13H2,1-2H3,(H,19,21). The Hall–Kier alpha value is -2.34. The van der Waals surface area contributed by atoms with Gasteiger partial charge in [-0.2, -0.15) is 0 Å². The van der Waals surface area contributed by atoms with Gasteiger partial charge in [0.25, 0.3) is 0 Å². The third-order valence-electron chi connectivity index (χ3n) is 3.58. The molecule has 5 nitrogen and oxygen atoms in total. The van der Waals surface area contributed by atoms with E-state index in [1.54, 1.807) is 18.2 Å². The molecule has 2 N–H and O–H groups in total. The van der Waals surface area contributed by atoms with Crippen LogP contribution in [-0.2, 0) is 21.2 Å². The third-order valence-corrected chi connectivity index (χ3v) is 4.17. The van der Waals surface area contributed by atoms with Crippen molar-refractivity contribution in [2.45, 2.75) is 25.8 Å². The van der Waals surface area contributed by atoms with E-state index in [9.17, 15) is 13.2 Å². The summed E-state index contributed by atoms with van der Waals surface area (Å²) in [6.45, 7) is 1.84. The minimum Gasteiger partial charge on any atom is -0.349 e. The molecule has 0 bridgehead atoms. The summed E-state index contributed by atoms with van der Waals surface area (Å²) in [4.78, 5) is 12.1. The highest BCUT2D eigenvalue weighted by molar-refractivity contribution is 7.92. The number of carbonyl (C=O) groups excluding carboxylic acids is 1. The molecule has 128 valence electrons. The minimum absolute atomic E-state index is 0.0690. The SMILES string of the molecule is CC(NC(=O)CCc1ccccc1)c1ccccc1NS(C)(=O)=O. The van der Waals surface area contributed by atoms with Gasteiger partial charge in [-0.15, -0.1) is 0 Å². The summed E-state index contributed by atoms with van der Waals surface area (Å²) >= 11 is 0. The summed E-state index contributed by atoms with van der Waals surface area (Å²) in [6, 6.07) is 16.6. The van der Waals surface area contributed by atoms with Gasteiger partial charge in [0.15, 0.2) is 0 Å². The fourth-order valence-electron chi connectivity index (χ4n) is 2.46. The summed E-state index contributed by atoms with van der Waals surface area (Å²) in [5.41, 5.74) is 2.33. The normalized spacial score (nSPS) is 12.4. The average molecular weight is 346 g/mol. The highest BCUT2D eigenvalue weighted by Gasteiger charge is 2.15. The van der Waals surface area contributed by atoms with Crippen LogP contribution in [0.2, 0.25) is 0 Å². The lowest BCUT2D eigenvalue weighted by molar-refractivity contribution is -0.121. The largest absolute Gasteiger partial charge is 0.349 e. The zero-order valence-corrected chi connectivity index (χ0v) is 14.6. The summed E-state index contributed by atoms with van der Waals surface area (Å²) in [5, 5.41) is 2.92. The zero-order chi connectivity index (χ0) is 17.6. The molecular formula is C18H22N2O3S. The third kappa shape index (κ3) is 5.70. The Kier molecular flexibility index (Phi) is 5.98. The number of hydrogen-bond acceptors (Lipinski definition) is 3. The van der Waals surface area contributed by atoms with Gasteiger partial charge >= 0.3 is 0 Å². The second-order valence-electron chi connectivity index (χ2n) is 5.74. The van der Waals surface area contributed by atoms with Gasteiger partial charge in [-0.05, 0) is 30.5 Å². The van der Waals surface area contributed by atoms with Crippen molar-refractivity contribution in [1.29, 1.82) is 0 Å². The van der Waals surface area contributed by atoms with Gasteiger partial charge < -0.3 is 5.32 Å². The van der Waals surface area contributed by atoms with Crippen molar-refractivity contribution in [2.24, 2.45) is 0 Å². The van der Waals surface area contributed by atoms with E-state index in [2.05, 4.69) is 10.0 Å². The molecule has 2 aromatic rings. The topological polar surface area (TPSA) is 75.3 Å². The molecule has 0 saturated heterocycles.